The number of fused-ring (bicyclic) bond motifs is 1. The van der Waals surface area contributed by atoms with E-state index >= 15 is 0 Å². The number of ketones is 2. The fraction of sp³-hybridized carbons (Fsp3) is 0.556. The third-order valence-corrected chi connectivity index (χ3v) is 7.48. The molecule has 0 radical (unpaired) electrons. The number of carbonyl (C=O) groups is 4. The summed E-state index contributed by atoms with van der Waals surface area (Å²) in [7, 11) is 2.69. The molecule has 200 valence electrons. The zero-order chi connectivity index (χ0) is 26.7. The number of methoxy groups -OCH3 is 2. The lowest BCUT2D eigenvalue weighted by Gasteiger charge is -2.26. The summed E-state index contributed by atoms with van der Waals surface area (Å²) in [5.74, 6) is -6.53. The molecule has 0 saturated heterocycles. The van der Waals surface area contributed by atoms with Gasteiger partial charge in [0.2, 0.25) is 5.91 Å². The first-order chi connectivity index (χ1) is 17.6. The van der Waals surface area contributed by atoms with Crippen LogP contribution in [0.5, 0.6) is 5.75 Å². The minimum absolute atomic E-state index is 0.0352. The number of halogens is 2. The van der Waals surface area contributed by atoms with E-state index in [1.165, 1.54) is 14.2 Å². The largest absolute Gasteiger partial charge is 0.496 e. The molecule has 4 rings (SSSR count). The van der Waals surface area contributed by atoms with Crippen LogP contribution in [0, 0.1) is 17.8 Å². The molecule has 2 fully saturated rings. The number of Topliss-reactive ketones (excluding diaryl/α,β-unsaturated/α-hetero) is 2. The van der Waals surface area contributed by atoms with Crippen molar-refractivity contribution >= 4 is 34.3 Å². The van der Waals surface area contributed by atoms with Crippen molar-refractivity contribution in [1.29, 1.82) is 0 Å². The highest BCUT2D eigenvalue weighted by molar-refractivity contribution is 6.02. The Labute approximate surface area is 213 Å². The van der Waals surface area contributed by atoms with Crippen molar-refractivity contribution in [3.63, 3.8) is 0 Å². The summed E-state index contributed by atoms with van der Waals surface area (Å²) in [5, 5.41) is 3.29. The van der Waals surface area contributed by atoms with E-state index < -0.39 is 41.5 Å². The van der Waals surface area contributed by atoms with Gasteiger partial charge in [-0.05, 0) is 43.9 Å². The molecule has 0 spiro atoms. The van der Waals surface area contributed by atoms with Gasteiger partial charge in [-0.25, -0.2) is 13.6 Å². The van der Waals surface area contributed by atoms with Crippen LogP contribution in [0.2, 0.25) is 0 Å². The fourth-order valence-electron chi connectivity index (χ4n) is 5.18. The van der Waals surface area contributed by atoms with Crippen LogP contribution in [0.25, 0.3) is 10.9 Å². The maximum Gasteiger partial charge on any atom is 0.328 e. The Balaban J connectivity index is 1.51. The summed E-state index contributed by atoms with van der Waals surface area (Å²) in [6.07, 6.45) is 1.92. The molecule has 37 heavy (non-hydrogen) atoms. The molecule has 2 aliphatic rings. The number of aromatic nitrogens is 1. The number of rotatable bonds is 11. The summed E-state index contributed by atoms with van der Waals surface area (Å²) in [6, 6.07) is 5.81. The van der Waals surface area contributed by atoms with Crippen molar-refractivity contribution in [1.82, 2.24) is 10.3 Å². The number of ether oxygens (including phenoxy) is 2. The average molecular weight is 519 g/mol. The number of nitrogens with one attached hydrogen (secondary N) is 2. The van der Waals surface area contributed by atoms with Crippen molar-refractivity contribution in [2.75, 3.05) is 14.2 Å². The highest BCUT2D eigenvalue weighted by Gasteiger charge is 2.57. The monoisotopic (exact) mass is 518 g/mol. The van der Waals surface area contributed by atoms with Gasteiger partial charge >= 0.3 is 5.97 Å². The molecule has 4 atom stereocenters. The normalized spacial score (nSPS) is 22.2. The minimum Gasteiger partial charge on any atom is -0.496 e. The Kier molecular flexibility index (Phi) is 7.94. The second-order valence-corrected chi connectivity index (χ2v) is 10.1. The lowest BCUT2D eigenvalue weighted by atomic mass is 9.83. The van der Waals surface area contributed by atoms with Crippen LogP contribution >= 0.6 is 0 Å². The van der Waals surface area contributed by atoms with Gasteiger partial charge in [0.05, 0.1) is 19.9 Å². The molecule has 0 bridgehead atoms. The molecule has 2 aromatic rings. The highest BCUT2D eigenvalue weighted by Crippen LogP contribution is 2.52. The first kappa shape index (κ1) is 26.8. The topological polar surface area (TPSA) is 115 Å². The van der Waals surface area contributed by atoms with Gasteiger partial charge in [-0.2, -0.15) is 0 Å². The smallest absolute Gasteiger partial charge is 0.328 e. The van der Waals surface area contributed by atoms with Crippen molar-refractivity contribution in [2.45, 2.75) is 63.3 Å². The molecular formula is C27H32F2N2O6. The zero-order valence-electron chi connectivity index (χ0n) is 21.0. The lowest BCUT2D eigenvalue weighted by molar-refractivity contribution is -0.146. The third kappa shape index (κ3) is 6.17. The minimum atomic E-state index is -2.87. The molecule has 8 nitrogen and oxygen atoms in total. The quantitative estimate of drug-likeness (QED) is 0.340. The van der Waals surface area contributed by atoms with E-state index in [0.29, 0.717) is 29.5 Å². The Morgan fingerprint density at radius 3 is 2.59 bits per heavy atom. The lowest BCUT2D eigenvalue weighted by Crippen LogP contribution is -2.46. The third-order valence-electron chi connectivity index (χ3n) is 7.48. The van der Waals surface area contributed by atoms with Crippen molar-refractivity contribution in [3.05, 3.63) is 30.0 Å². The first-order valence-corrected chi connectivity index (χ1v) is 12.6. The van der Waals surface area contributed by atoms with Gasteiger partial charge in [-0.15, -0.1) is 0 Å². The van der Waals surface area contributed by atoms with Crippen LogP contribution in [-0.2, 0) is 19.1 Å². The number of benzene rings is 1. The predicted molar refractivity (Wildman–Crippen MR) is 130 cm³/mol. The summed E-state index contributed by atoms with van der Waals surface area (Å²) in [4.78, 5) is 54.2. The van der Waals surface area contributed by atoms with Crippen LogP contribution in [0.1, 0.15) is 61.9 Å². The van der Waals surface area contributed by atoms with E-state index in [9.17, 15) is 28.0 Å². The van der Waals surface area contributed by atoms with Crippen LogP contribution in [0.3, 0.4) is 0 Å². The van der Waals surface area contributed by atoms with Crippen molar-refractivity contribution in [3.8, 4) is 5.75 Å². The Hall–Kier alpha value is -3.30. The molecule has 10 heteroatoms. The van der Waals surface area contributed by atoms with Crippen LogP contribution in [0.15, 0.2) is 24.3 Å². The van der Waals surface area contributed by atoms with E-state index in [1.54, 1.807) is 24.3 Å². The first-order valence-electron chi connectivity index (χ1n) is 12.6. The Morgan fingerprint density at radius 1 is 1.19 bits per heavy atom. The van der Waals surface area contributed by atoms with Crippen LogP contribution in [0.4, 0.5) is 8.78 Å². The molecule has 1 aromatic carbocycles. The van der Waals surface area contributed by atoms with Gasteiger partial charge < -0.3 is 19.8 Å². The molecule has 2 saturated carbocycles. The number of hydrogen-bond acceptors (Lipinski definition) is 6. The molecule has 2 aliphatic carbocycles. The van der Waals surface area contributed by atoms with E-state index in [0.717, 1.165) is 12.8 Å². The number of amides is 1. The summed E-state index contributed by atoms with van der Waals surface area (Å²) in [5.41, 5.74) is 0.900. The fourth-order valence-corrected chi connectivity index (χ4v) is 5.18. The second-order valence-electron chi connectivity index (χ2n) is 10.1. The van der Waals surface area contributed by atoms with Gasteiger partial charge in [0.25, 0.3) is 5.92 Å². The number of carbonyl (C=O) groups excluding carboxylic acids is 4. The van der Waals surface area contributed by atoms with E-state index in [-0.39, 0.29) is 43.1 Å². The molecule has 0 aliphatic heterocycles. The number of aromatic amines is 1. The van der Waals surface area contributed by atoms with Gasteiger partial charge in [0, 0.05) is 47.9 Å². The average Bonchev–Trinajstić information content (AvgIpc) is 3.26. The number of alkyl halides is 2. The maximum atomic E-state index is 13.8. The SMILES string of the molecule is COC(=O)[C@H](C[C@@H]1CCCCC1=O)NC(=O)[C@@H](CC(=O)c1cc2c(OC)cccc2[nH]1)CC1CC1(F)F. The summed E-state index contributed by atoms with van der Waals surface area (Å²) < 4.78 is 37.7. The summed E-state index contributed by atoms with van der Waals surface area (Å²) >= 11 is 0. The Bertz CT molecular complexity index is 1190. The van der Waals surface area contributed by atoms with Crippen LogP contribution in [-0.4, -0.2) is 54.6 Å². The van der Waals surface area contributed by atoms with Gasteiger partial charge in [0.15, 0.2) is 5.78 Å². The Morgan fingerprint density at radius 2 is 1.95 bits per heavy atom. The molecule has 1 heterocycles. The van der Waals surface area contributed by atoms with E-state index in [2.05, 4.69) is 10.3 Å². The molecule has 2 N–H and O–H groups in total. The predicted octanol–water partition coefficient (Wildman–Crippen LogP) is 4.22. The van der Waals surface area contributed by atoms with Crippen LogP contribution < -0.4 is 10.1 Å². The second kappa shape index (κ2) is 11.0. The standard InChI is InChI=1S/C27H32F2N2O6/c1-36-24-9-5-7-19-18(24)13-20(30-19)23(33)12-16(10-17-14-27(17,28)29)25(34)31-21(26(35)37-2)11-15-6-3-4-8-22(15)32/h5,7,9,13,15-17,21,30H,3-4,6,8,10-12,14H2,1-2H3,(H,31,34)/t15-,16+,17?,21-/m0/s1. The van der Waals surface area contributed by atoms with E-state index in [1.807, 2.05) is 0 Å². The molecule has 1 aromatic heterocycles. The van der Waals surface area contributed by atoms with Gasteiger partial charge in [-0.3, -0.25) is 14.4 Å². The van der Waals surface area contributed by atoms with Gasteiger partial charge in [-0.1, -0.05) is 12.5 Å². The molecule has 1 unspecified atom stereocenters. The molecular weight excluding hydrogens is 486 g/mol. The summed E-state index contributed by atoms with van der Waals surface area (Å²) in [6.45, 7) is 0. The number of esters is 1. The van der Waals surface area contributed by atoms with Crippen molar-refractivity contribution < 1.29 is 37.4 Å². The maximum absolute atomic E-state index is 13.8. The molecule has 1 amide bonds. The number of H-pyrrole nitrogens is 1. The van der Waals surface area contributed by atoms with E-state index in [4.69, 9.17) is 9.47 Å². The van der Waals surface area contributed by atoms with Crippen molar-refractivity contribution in [2.24, 2.45) is 17.8 Å². The highest BCUT2D eigenvalue weighted by atomic mass is 19.3. The number of hydrogen-bond donors (Lipinski definition) is 2. The zero-order valence-corrected chi connectivity index (χ0v) is 21.0. The van der Waals surface area contributed by atoms with Gasteiger partial charge in [0.1, 0.15) is 17.6 Å².